The van der Waals surface area contributed by atoms with E-state index in [0.29, 0.717) is 0 Å². The van der Waals surface area contributed by atoms with Gasteiger partial charge in [0, 0.05) is 23.5 Å². The summed E-state index contributed by atoms with van der Waals surface area (Å²) in [6, 6.07) is 0. The summed E-state index contributed by atoms with van der Waals surface area (Å²) >= 11 is 0. The molecule has 0 aliphatic heterocycles. The molecule has 0 bridgehead atoms. The molecular formula is C13H13MnO3. The van der Waals surface area contributed by atoms with E-state index in [2.05, 4.69) is 33.1 Å². The number of rotatable bonds is 0. The summed E-state index contributed by atoms with van der Waals surface area (Å²) in [4.78, 5) is 10.2. The van der Waals surface area contributed by atoms with E-state index in [4.69, 9.17) is 9.30 Å². The number of hydrogen-bond donors (Lipinski definition) is 0. The van der Waals surface area contributed by atoms with Gasteiger partial charge in [-0.05, 0) is 44.1 Å². The van der Waals surface area contributed by atoms with Crippen molar-refractivity contribution in [2.75, 3.05) is 0 Å². The van der Waals surface area contributed by atoms with Crippen molar-refractivity contribution in [3.05, 3.63) is 57.1 Å². The Hall–Kier alpha value is -0.591. The fourth-order valence-electron chi connectivity index (χ4n) is 0.994. The van der Waals surface area contributed by atoms with E-state index in [0.717, 1.165) is 12.8 Å². The summed E-state index contributed by atoms with van der Waals surface area (Å²) in [7, 11) is 0. The summed E-state index contributed by atoms with van der Waals surface area (Å²) < 4.78 is 15.0. The third-order valence-electron chi connectivity index (χ3n) is 1.69. The van der Waals surface area contributed by atoms with Crippen LogP contribution < -0.4 is 0 Å². The van der Waals surface area contributed by atoms with E-state index >= 15 is 0 Å². The number of allylic oxidation sites excluding steroid dienone is 2. The van der Waals surface area contributed by atoms with Crippen LogP contribution in [0.5, 0.6) is 0 Å². The monoisotopic (exact) mass is 272 g/mol. The molecule has 0 amide bonds. The predicted molar refractivity (Wildman–Crippen MR) is 57.4 cm³/mol. The second-order valence-electron chi connectivity index (χ2n) is 2.87. The molecule has 0 saturated heterocycles. The van der Waals surface area contributed by atoms with Crippen LogP contribution in [0.4, 0.5) is 0 Å². The molecule has 0 atom stereocenters. The number of hydrogen-bond acceptors (Lipinski definition) is 1. The van der Waals surface area contributed by atoms with Crippen LogP contribution in [0.25, 0.3) is 0 Å². The average Bonchev–Trinajstić information content (AvgIpc) is 2.98. The minimum absolute atomic E-state index is 0. The summed E-state index contributed by atoms with van der Waals surface area (Å²) in [6.07, 6.45) is 13.5. The molecule has 0 aromatic carbocycles. The number of carbonyl (C=O) groups is 1. The maximum absolute atomic E-state index is 10.2. The molecule has 2 rings (SSSR count). The van der Waals surface area contributed by atoms with Crippen molar-refractivity contribution in [3.63, 3.8) is 0 Å². The van der Waals surface area contributed by atoms with Gasteiger partial charge >= 0.3 is 22.6 Å². The van der Waals surface area contributed by atoms with Gasteiger partial charge in [-0.3, -0.25) is 4.79 Å². The van der Waals surface area contributed by atoms with E-state index in [1.807, 2.05) is 18.9 Å². The summed E-state index contributed by atoms with van der Waals surface area (Å²) in [5.41, 5.74) is 0. The Bertz CT molecular complexity index is 232. The van der Waals surface area contributed by atoms with Crippen molar-refractivity contribution in [1.82, 2.24) is 0 Å². The standard InChI is InChI=1S/C6H7.C5H6O.2CO.Mn/c1-6-4-2-3-5-6;6-5-3-1-2-4-5;2*1-2;/h2-5H,1H3;1,3H,2,4H2;;;. The van der Waals surface area contributed by atoms with Gasteiger partial charge in [-0.1, -0.05) is 13.0 Å². The third kappa shape index (κ3) is 15.4. The van der Waals surface area contributed by atoms with Gasteiger partial charge in [-0.15, -0.1) is 0 Å². The Balaban J connectivity index is -0.000000171. The molecule has 0 heterocycles. The fourth-order valence-corrected chi connectivity index (χ4v) is 0.994. The van der Waals surface area contributed by atoms with Crippen LogP contribution >= 0.6 is 0 Å². The first-order valence-electron chi connectivity index (χ1n) is 4.57. The molecular weight excluding hydrogens is 259 g/mol. The van der Waals surface area contributed by atoms with Crippen LogP contribution in [-0.4, -0.2) is 5.78 Å². The summed E-state index contributed by atoms with van der Waals surface area (Å²) in [5, 5.41) is 0. The SMILES string of the molecule is C[C]1[CH][CH][CH][CH]1.O=C1C=CCC1.[C-]#[O+].[C-]#[O+].[Mn]. The van der Waals surface area contributed by atoms with Gasteiger partial charge in [0.25, 0.3) is 0 Å². The van der Waals surface area contributed by atoms with E-state index in [9.17, 15) is 4.79 Å². The van der Waals surface area contributed by atoms with Gasteiger partial charge in [-0.25, -0.2) is 0 Å². The summed E-state index contributed by atoms with van der Waals surface area (Å²) in [6.45, 7) is 11.1. The largest absolute Gasteiger partial charge is 0 e. The molecule has 0 aromatic rings. The van der Waals surface area contributed by atoms with Crippen LogP contribution in [0.3, 0.4) is 0 Å². The van der Waals surface area contributed by atoms with Gasteiger partial charge in [-0.2, -0.15) is 0 Å². The zero-order valence-corrected chi connectivity index (χ0v) is 10.7. The molecule has 17 heavy (non-hydrogen) atoms. The minimum atomic E-state index is 0. The van der Waals surface area contributed by atoms with Crippen molar-refractivity contribution < 1.29 is 31.2 Å². The molecule has 0 spiro atoms. The first kappa shape index (κ1) is 21.7. The zero-order chi connectivity index (χ0) is 12.8. The van der Waals surface area contributed by atoms with Gasteiger partial charge in [0.1, 0.15) is 0 Å². The van der Waals surface area contributed by atoms with Gasteiger partial charge in [0.2, 0.25) is 0 Å². The number of ketones is 1. The van der Waals surface area contributed by atoms with E-state index in [1.54, 1.807) is 6.08 Å². The maximum Gasteiger partial charge on any atom is 0 e. The Morgan fingerprint density at radius 1 is 1.12 bits per heavy atom. The van der Waals surface area contributed by atoms with Crippen molar-refractivity contribution >= 4 is 5.78 Å². The van der Waals surface area contributed by atoms with E-state index in [1.165, 1.54) is 5.92 Å². The summed E-state index contributed by atoms with van der Waals surface area (Å²) in [5.74, 6) is 1.62. The van der Waals surface area contributed by atoms with Gasteiger partial charge < -0.3 is 0 Å². The molecule has 0 unspecified atom stereocenters. The zero-order valence-electron chi connectivity index (χ0n) is 9.48. The molecule has 1 saturated carbocycles. The topological polar surface area (TPSA) is 56.9 Å². The molecule has 0 aromatic heterocycles. The predicted octanol–water partition coefficient (Wildman–Crippen LogP) is 2.24. The van der Waals surface area contributed by atoms with Crippen LogP contribution in [0.15, 0.2) is 12.2 Å². The van der Waals surface area contributed by atoms with Gasteiger partial charge in [0.15, 0.2) is 5.78 Å². The van der Waals surface area contributed by atoms with Crippen LogP contribution in [-0.2, 0) is 31.2 Å². The van der Waals surface area contributed by atoms with E-state index in [-0.39, 0.29) is 22.9 Å². The Kier molecular flexibility index (Phi) is 22.7. The van der Waals surface area contributed by atoms with Crippen LogP contribution in [0.1, 0.15) is 19.8 Å². The third-order valence-corrected chi connectivity index (χ3v) is 1.69. The van der Waals surface area contributed by atoms with Crippen LogP contribution in [0.2, 0.25) is 0 Å². The Morgan fingerprint density at radius 3 is 1.71 bits per heavy atom. The van der Waals surface area contributed by atoms with Crippen molar-refractivity contribution in [2.45, 2.75) is 19.8 Å². The Morgan fingerprint density at radius 2 is 1.59 bits per heavy atom. The Labute approximate surface area is 114 Å². The molecule has 0 N–H and O–H groups in total. The second kappa shape index (κ2) is 17.8. The number of carbonyl (C=O) groups excluding carboxylic acids is 1. The molecule has 3 nitrogen and oxygen atoms in total. The molecule has 4 heteroatoms. The fraction of sp³-hybridized carbons (Fsp3) is 0.231. The first-order valence-corrected chi connectivity index (χ1v) is 4.57. The normalized spacial score (nSPS) is 16.2. The minimum Gasteiger partial charge on any atom is 0 e. The first-order chi connectivity index (χ1) is 7.79. The average molecular weight is 272 g/mol. The molecule has 90 valence electrons. The molecule has 1 fully saturated rings. The van der Waals surface area contributed by atoms with Crippen molar-refractivity contribution in [1.29, 1.82) is 0 Å². The maximum atomic E-state index is 10.2. The molecule has 2 aliphatic carbocycles. The van der Waals surface area contributed by atoms with Gasteiger partial charge in [0.05, 0.1) is 0 Å². The van der Waals surface area contributed by atoms with Crippen molar-refractivity contribution in [3.8, 4) is 0 Å². The van der Waals surface area contributed by atoms with Crippen molar-refractivity contribution in [2.24, 2.45) is 0 Å². The molecule has 2 aliphatic rings. The molecule has 6 radical (unpaired) electrons. The quantitative estimate of drug-likeness (QED) is 0.379. The van der Waals surface area contributed by atoms with Crippen LogP contribution in [0, 0.1) is 44.9 Å². The second-order valence-corrected chi connectivity index (χ2v) is 2.87. The smallest absolute Gasteiger partial charge is 0 e. The van der Waals surface area contributed by atoms with E-state index < -0.39 is 0 Å².